The summed E-state index contributed by atoms with van der Waals surface area (Å²) in [4.78, 5) is 37.9. The number of aromatic hydroxyl groups is 1. The third-order valence-corrected chi connectivity index (χ3v) is 5.32. The number of amides is 1. The van der Waals surface area contributed by atoms with E-state index in [1.807, 2.05) is 0 Å². The van der Waals surface area contributed by atoms with Gasteiger partial charge in [-0.15, -0.1) is 0 Å². The minimum absolute atomic E-state index is 0.0403. The molecule has 1 aromatic heterocycles. The van der Waals surface area contributed by atoms with Crippen molar-refractivity contribution in [1.82, 2.24) is 14.8 Å². The van der Waals surface area contributed by atoms with Crippen molar-refractivity contribution in [3.05, 3.63) is 63.1 Å². The molecular formula is C21H21F4N3O4. The Morgan fingerprint density at radius 3 is 2.72 bits per heavy atom. The molecule has 1 aromatic carbocycles. The highest BCUT2D eigenvalue weighted by Gasteiger charge is 2.36. The molecule has 1 fully saturated rings. The van der Waals surface area contributed by atoms with E-state index in [1.54, 1.807) is 0 Å². The Bertz CT molecular complexity index is 1100. The number of benzene rings is 1. The molecule has 172 valence electrons. The van der Waals surface area contributed by atoms with E-state index < -0.39 is 64.9 Å². The topological polar surface area (TPSA) is 91.6 Å². The smallest absolute Gasteiger partial charge is 0.260 e. The minimum atomic E-state index is -2.95. The molecule has 3 rings (SSSR count). The maximum absolute atomic E-state index is 13.9. The predicted octanol–water partition coefficient (Wildman–Crippen LogP) is 2.48. The van der Waals surface area contributed by atoms with Gasteiger partial charge in [-0.05, 0) is 19.5 Å². The van der Waals surface area contributed by atoms with Crippen LogP contribution in [0.1, 0.15) is 45.3 Å². The average Bonchev–Trinajstić information content (AvgIpc) is 2.85. The highest BCUT2D eigenvalue weighted by molar-refractivity contribution is 5.95. The molecule has 11 heteroatoms. The number of likely N-dealkylation sites (tertiary alicyclic amines) is 1. The summed E-state index contributed by atoms with van der Waals surface area (Å²) in [5.74, 6) is -6.62. The van der Waals surface area contributed by atoms with Crippen molar-refractivity contribution in [3.8, 4) is 5.75 Å². The number of carbonyl (C=O) groups excluding carboxylic acids is 2. The molecule has 0 aliphatic carbocycles. The van der Waals surface area contributed by atoms with Crippen LogP contribution in [0, 0.1) is 11.6 Å². The fourth-order valence-electron chi connectivity index (χ4n) is 3.74. The zero-order chi connectivity index (χ0) is 23.6. The van der Waals surface area contributed by atoms with Crippen LogP contribution < -0.4 is 10.7 Å². The Morgan fingerprint density at radius 1 is 1.34 bits per heavy atom. The van der Waals surface area contributed by atoms with Crippen LogP contribution in [0.15, 0.2) is 29.2 Å². The molecule has 7 nitrogen and oxygen atoms in total. The molecule has 0 radical (unpaired) electrons. The molecule has 2 N–H and O–H groups in total. The van der Waals surface area contributed by atoms with E-state index in [0.29, 0.717) is 6.07 Å². The molecule has 1 atom stereocenters. The van der Waals surface area contributed by atoms with Crippen molar-refractivity contribution in [3.63, 3.8) is 0 Å². The summed E-state index contributed by atoms with van der Waals surface area (Å²) in [5.41, 5.74) is -2.15. The number of rotatable bonds is 5. The van der Waals surface area contributed by atoms with Crippen LogP contribution >= 0.6 is 0 Å². The maximum Gasteiger partial charge on any atom is 0.260 e. The molecule has 1 unspecified atom stereocenters. The number of hydrogen-bond acceptors (Lipinski definition) is 5. The lowest BCUT2D eigenvalue weighted by Crippen LogP contribution is -2.34. The quantitative estimate of drug-likeness (QED) is 0.534. The Balaban J connectivity index is 1.93. The number of alkyl halides is 2. The molecule has 2 aromatic rings. The first-order valence-electron chi connectivity index (χ1n) is 9.74. The number of nitrogens with zero attached hydrogens (tertiary/aromatic N) is 2. The molecule has 1 amide bonds. The van der Waals surface area contributed by atoms with E-state index in [9.17, 15) is 37.1 Å². The molecule has 0 bridgehead atoms. The van der Waals surface area contributed by atoms with Crippen LogP contribution in [0.5, 0.6) is 5.75 Å². The van der Waals surface area contributed by atoms with Crippen molar-refractivity contribution in [1.29, 1.82) is 0 Å². The molecule has 32 heavy (non-hydrogen) atoms. The Labute approximate surface area is 180 Å². The van der Waals surface area contributed by atoms with Gasteiger partial charge in [0.15, 0.2) is 12.0 Å². The van der Waals surface area contributed by atoms with Gasteiger partial charge in [-0.1, -0.05) is 6.07 Å². The van der Waals surface area contributed by atoms with Gasteiger partial charge in [0.05, 0.1) is 6.54 Å². The van der Waals surface area contributed by atoms with E-state index in [4.69, 9.17) is 0 Å². The molecular weight excluding hydrogens is 434 g/mol. The lowest BCUT2D eigenvalue weighted by Gasteiger charge is -2.25. The van der Waals surface area contributed by atoms with Crippen molar-refractivity contribution < 1.29 is 32.3 Å². The first-order chi connectivity index (χ1) is 15.0. The van der Waals surface area contributed by atoms with Gasteiger partial charge in [0.1, 0.15) is 22.9 Å². The molecule has 1 aliphatic heterocycles. The number of likely N-dealkylation sites (N-methyl/N-ethyl adjacent to an activating group) is 1. The summed E-state index contributed by atoms with van der Waals surface area (Å²) < 4.78 is 55.8. The summed E-state index contributed by atoms with van der Waals surface area (Å²) in [7, 11) is 1.47. The maximum atomic E-state index is 13.9. The zero-order valence-corrected chi connectivity index (χ0v) is 17.1. The van der Waals surface area contributed by atoms with E-state index >= 15 is 0 Å². The normalized spacial score (nSPS) is 18.7. The molecule has 2 heterocycles. The lowest BCUT2D eigenvalue weighted by atomic mass is 10.1. The summed E-state index contributed by atoms with van der Waals surface area (Å²) in [6, 6.07) is 2.04. The first-order valence-corrected chi connectivity index (χ1v) is 9.74. The second-order valence-corrected chi connectivity index (χ2v) is 7.79. The van der Waals surface area contributed by atoms with Crippen molar-refractivity contribution in [2.75, 3.05) is 20.1 Å². The highest BCUT2D eigenvalue weighted by Crippen LogP contribution is 2.31. The number of halogens is 4. The largest absolute Gasteiger partial charge is 0.503 e. The fourth-order valence-corrected chi connectivity index (χ4v) is 3.74. The van der Waals surface area contributed by atoms with Crippen molar-refractivity contribution in [2.24, 2.45) is 0 Å². The van der Waals surface area contributed by atoms with Crippen LogP contribution in [-0.4, -0.2) is 52.8 Å². The van der Waals surface area contributed by atoms with Crippen LogP contribution in [0.4, 0.5) is 17.6 Å². The van der Waals surface area contributed by atoms with Crippen molar-refractivity contribution >= 4 is 12.2 Å². The monoisotopic (exact) mass is 455 g/mol. The summed E-state index contributed by atoms with van der Waals surface area (Å²) in [5, 5.41) is 12.5. The van der Waals surface area contributed by atoms with Crippen LogP contribution in [0.3, 0.4) is 0 Å². The van der Waals surface area contributed by atoms with E-state index in [2.05, 4.69) is 5.32 Å². The van der Waals surface area contributed by atoms with Gasteiger partial charge in [-0.2, -0.15) is 0 Å². The summed E-state index contributed by atoms with van der Waals surface area (Å²) >= 11 is 0. The van der Waals surface area contributed by atoms with E-state index in [-0.39, 0.29) is 31.4 Å². The number of nitrogens with one attached hydrogen (secondary N) is 1. The zero-order valence-electron chi connectivity index (χ0n) is 17.1. The van der Waals surface area contributed by atoms with Crippen molar-refractivity contribution in [2.45, 2.75) is 31.4 Å². The number of hydrogen-bond donors (Lipinski definition) is 2. The number of aromatic nitrogens is 1. The predicted molar refractivity (Wildman–Crippen MR) is 106 cm³/mol. The lowest BCUT2D eigenvalue weighted by molar-refractivity contribution is -0.0246. The number of pyridine rings is 1. The molecule has 0 spiro atoms. The Kier molecular flexibility index (Phi) is 6.68. The average molecular weight is 455 g/mol. The highest BCUT2D eigenvalue weighted by atomic mass is 19.3. The third-order valence-electron chi connectivity index (χ3n) is 5.32. The van der Waals surface area contributed by atoms with Gasteiger partial charge < -0.3 is 15.0 Å². The summed E-state index contributed by atoms with van der Waals surface area (Å²) in [6.45, 7) is -0.789. The molecule has 1 aliphatic rings. The third kappa shape index (κ3) is 4.98. The van der Waals surface area contributed by atoms with Gasteiger partial charge >= 0.3 is 0 Å². The van der Waals surface area contributed by atoms with Gasteiger partial charge in [-0.3, -0.25) is 19.3 Å². The van der Waals surface area contributed by atoms with Gasteiger partial charge in [0.25, 0.3) is 11.8 Å². The fraction of sp³-hybridized carbons (Fsp3) is 0.381. The van der Waals surface area contributed by atoms with E-state index in [0.717, 1.165) is 22.9 Å². The van der Waals surface area contributed by atoms with Crippen LogP contribution in [0.25, 0.3) is 0 Å². The minimum Gasteiger partial charge on any atom is -0.503 e. The molecule has 0 saturated carbocycles. The first kappa shape index (κ1) is 23.5. The second kappa shape index (κ2) is 9.11. The number of carbonyl (C=O) groups is 2. The Hall–Kier alpha value is -3.21. The molecule has 1 saturated heterocycles. The van der Waals surface area contributed by atoms with Gasteiger partial charge in [0, 0.05) is 43.4 Å². The van der Waals surface area contributed by atoms with Gasteiger partial charge in [0.2, 0.25) is 5.43 Å². The summed E-state index contributed by atoms with van der Waals surface area (Å²) in [6.07, 6.45) is 0.695. The van der Waals surface area contributed by atoms with Crippen LogP contribution in [0.2, 0.25) is 0 Å². The number of aldehydes is 1. The van der Waals surface area contributed by atoms with E-state index in [1.165, 1.54) is 11.9 Å². The van der Waals surface area contributed by atoms with Gasteiger partial charge in [-0.25, -0.2) is 17.6 Å². The SMILES string of the molecule is CN1CC(n2cc(C(=O)NCc3ccc(F)cc3F)c(=O)c(O)c2C=O)CCC(F)(F)C1. The van der Waals surface area contributed by atoms with Crippen LogP contribution in [-0.2, 0) is 6.54 Å². The second-order valence-electron chi connectivity index (χ2n) is 7.79. The Morgan fingerprint density at radius 2 is 2.06 bits per heavy atom. The standard InChI is InChI=1S/C21H21F4N3O4/c1-27-8-14(4-5-21(24,25)11-27)28-9-15(18(30)19(31)17(28)10-29)20(32)26-7-12-2-3-13(22)6-16(12)23/h2-3,6,9-10,14,31H,4-5,7-8,11H2,1H3,(H,26,32).